The van der Waals surface area contributed by atoms with Crippen molar-refractivity contribution in [1.29, 1.82) is 0 Å². The number of ether oxygens (including phenoxy) is 1. The second-order valence-electron chi connectivity index (χ2n) is 4.93. The summed E-state index contributed by atoms with van der Waals surface area (Å²) in [6, 6.07) is 11.1. The van der Waals surface area contributed by atoms with Crippen LogP contribution in [-0.4, -0.2) is 15.9 Å². The van der Waals surface area contributed by atoms with Crippen LogP contribution in [0.4, 0.5) is 5.69 Å². The second-order valence-corrected chi connectivity index (χ2v) is 5.71. The lowest BCUT2D eigenvalue weighted by molar-refractivity contribution is -0.117. The van der Waals surface area contributed by atoms with Gasteiger partial charge in [-0.25, -0.2) is 9.97 Å². The van der Waals surface area contributed by atoms with E-state index < -0.39 is 0 Å². The van der Waals surface area contributed by atoms with Crippen molar-refractivity contribution in [2.45, 2.75) is 12.8 Å². The van der Waals surface area contributed by atoms with Crippen molar-refractivity contribution in [1.82, 2.24) is 9.97 Å². The van der Waals surface area contributed by atoms with Crippen molar-refractivity contribution >= 4 is 22.9 Å². The van der Waals surface area contributed by atoms with Gasteiger partial charge in [-0.3, -0.25) is 4.79 Å². The predicted molar refractivity (Wildman–Crippen MR) is 89.9 cm³/mol. The first-order valence-electron chi connectivity index (χ1n) is 7.10. The topological polar surface area (TPSA) is 64.1 Å². The highest BCUT2D eigenvalue weighted by molar-refractivity contribution is 7.08. The van der Waals surface area contributed by atoms with Crippen molar-refractivity contribution in [3.8, 4) is 11.8 Å². The minimum atomic E-state index is -0.205. The Morgan fingerprint density at radius 3 is 2.78 bits per heavy atom. The summed E-state index contributed by atoms with van der Waals surface area (Å²) < 4.78 is 5.56. The van der Waals surface area contributed by atoms with Crippen LogP contribution in [0.25, 0.3) is 0 Å². The van der Waals surface area contributed by atoms with Crippen LogP contribution in [0.3, 0.4) is 0 Å². The molecule has 0 spiro atoms. The highest BCUT2D eigenvalue weighted by Crippen LogP contribution is 2.24. The van der Waals surface area contributed by atoms with Gasteiger partial charge in [-0.1, -0.05) is 6.07 Å². The van der Waals surface area contributed by atoms with E-state index in [0.717, 1.165) is 5.56 Å². The lowest BCUT2D eigenvalue weighted by Gasteiger charge is -2.12. The number of amides is 1. The van der Waals surface area contributed by atoms with Gasteiger partial charge in [-0.2, -0.15) is 11.3 Å². The van der Waals surface area contributed by atoms with Crippen LogP contribution in [0.5, 0.6) is 11.8 Å². The maximum atomic E-state index is 12.3. The Labute approximate surface area is 138 Å². The van der Waals surface area contributed by atoms with E-state index in [0.29, 0.717) is 11.4 Å². The number of anilines is 1. The standard InChI is InChI=1S/C17H15N3O2S/c1-12(13-6-9-23-11-13)16(21)20-14-4-2-5-15(10-14)22-17-18-7-3-8-19-17/h2-12H,1H3,(H,20,21)/t12-/m1/s1. The molecule has 1 amide bonds. The van der Waals surface area contributed by atoms with E-state index in [1.807, 2.05) is 35.9 Å². The van der Waals surface area contributed by atoms with Gasteiger partial charge in [-0.15, -0.1) is 0 Å². The molecule has 116 valence electrons. The predicted octanol–water partition coefficient (Wildman–Crippen LogP) is 4.07. The molecule has 0 saturated heterocycles. The second kappa shape index (κ2) is 7.02. The molecule has 1 N–H and O–H groups in total. The molecule has 0 unspecified atom stereocenters. The molecule has 0 aliphatic rings. The molecule has 0 fully saturated rings. The lowest BCUT2D eigenvalue weighted by atomic mass is 10.0. The Morgan fingerprint density at radius 1 is 1.22 bits per heavy atom. The van der Waals surface area contributed by atoms with Gasteiger partial charge in [0.2, 0.25) is 5.91 Å². The number of nitrogens with one attached hydrogen (secondary N) is 1. The first kappa shape index (κ1) is 15.2. The number of benzene rings is 1. The maximum Gasteiger partial charge on any atom is 0.321 e. The van der Waals surface area contributed by atoms with Crippen molar-refractivity contribution in [2.24, 2.45) is 0 Å². The SMILES string of the molecule is C[C@@H](C(=O)Nc1cccc(Oc2ncccn2)c1)c1ccsc1. The molecule has 6 heteroatoms. The summed E-state index contributed by atoms with van der Waals surface area (Å²) in [6.07, 6.45) is 3.22. The van der Waals surface area contributed by atoms with Crippen LogP contribution < -0.4 is 10.1 Å². The normalized spacial score (nSPS) is 11.7. The summed E-state index contributed by atoms with van der Waals surface area (Å²) in [5.74, 6) is 0.303. The third kappa shape index (κ3) is 3.92. The van der Waals surface area contributed by atoms with E-state index in [1.54, 1.807) is 41.9 Å². The zero-order valence-corrected chi connectivity index (χ0v) is 13.3. The minimum absolute atomic E-state index is 0.0588. The zero-order valence-electron chi connectivity index (χ0n) is 12.5. The average molecular weight is 325 g/mol. The summed E-state index contributed by atoms with van der Waals surface area (Å²) in [5.41, 5.74) is 1.68. The molecule has 3 rings (SSSR count). The molecule has 0 saturated carbocycles. The summed E-state index contributed by atoms with van der Waals surface area (Å²) in [6.45, 7) is 1.88. The number of aromatic nitrogens is 2. The Kier molecular flexibility index (Phi) is 4.63. The minimum Gasteiger partial charge on any atom is -0.424 e. The summed E-state index contributed by atoms with van der Waals surface area (Å²) in [5, 5.41) is 6.85. The van der Waals surface area contributed by atoms with Gasteiger partial charge < -0.3 is 10.1 Å². The monoisotopic (exact) mass is 325 g/mol. The van der Waals surface area contributed by atoms with E-state index in [-0.39, 0.29) is 17.8 Å². The van der Waals surface area contributed by atoms with Crippen LogP contribution in [0.15, 0.2) is 59.6 Å². The van der Waals surface area contributed by atoms with Crippen LogP contribution in [0, 0.1) is 0 Å². The van der Waals surface area contributed by atoms with Crippen molar-refractivity contribution in [3.63, 3.8) is 0 Å². The van der Waals surface area contributed by atoms with Crippen molar-refractivity contribution < 1.29 is 9.53 Å². The summed E-state index contributed by atoms with van der Waals surface area (Å²) >= 11 is 1.58. The van der Waals surface area contributed by atoms with Crippen LogP contribution in [0.2, 0.25) is 0 Å². The van der Waals surface area contributed by atoms with E-state index >= 15 is 0 Å². The van der Waals surface area contributed by atoms with E-state index in [1.165, 1.54) is 0 Å². The van der Waals surface area contributed by atoms with Gasteiger partial charge in [0.15, 0.2) is 0 Å². The van der Waals surface area contributed by atoms with E-state index in [2.05, 4.69) is 15.3 Å². The third-order valence-electron chi connectivity index (χ3n) is 3.29. The number of thiophene rings is 1. The smallest absolute Gasteiger partial charge is 0.321 e. The van der Waals surface area contributed by atoms with Crippen molar-refractivity contribution in [3.05, 3.63) is 65.1 Å². The molecule has 0 aliphatic carbocycles. The Balaban J connectivity index is 1.69. The molecule has 0 aliphatic heterocycles. The number of rotatable bonds is 5. The number of carbonyl (C=O) groups excluding carboxylic acids is 1. The highest BCUT2D eigenvalue weighted by atomic mass is 32.1. The van der Waals surface area contributed by atoms with Crippen LogP contribution in [-0.2, 0) is 4.79 Å². The number of carbonyl (C=O) groups is 1. The molecule has 0 radical (unpaired) electrons. The summed E-state index contributed by atoms with van der Waals surface area (Å²) in [4.78, 5) is 20.3. The number of hydrogen-bond acceptors (Lipinski definition) is 5. The fourth-order valence-corrected chi connectivity index (χ4v) is 2.76. The highest BCUT2D eigenvalue weighted by Gasteiger charge is 2.15. The number of hydrogen-bond donors (Lipinski definition) is 1. The van der Waals surface area contributed by atoms with Gasteiger partial charge in [-0.05, 0) is 47.5 Å². The van der Waals surface area contributed by atoms with Gasteiger partial charge in [0.1, 0.15) is 5.75 Å². The van der Waals surface area contributed by atoms with Gasteiger partial charge in [0.25, 0.3) is 0 Å². The Morgan fingerprint density at radius 2 is 2.04 bits per heavy atom. The quantitative estimate of drug-likeness (QED) is 0.768. The first-order chi connectivity index (χ1) is 11.2. The fourth-order valence-electron chi connectivity index (χ4n) is 2.00. The van der Waals surface area contributed by atoms with Gasteiger partial charge in [0, 0.05) is 24.1 Å². The fraction of sp³-hybridized carbons (Fsp3) is 0.118. The number of nitrogens with zero attached hydrogens (tertiary/aromatic N) is 2. The maximum absolute atomic E-state index is 12.3. The lowest BCUT2D eigenvalue weighted by Crippen LogP contribution is -2.18. The molecule has 3 aromatic rings. The van der Waals surface area contributed by atoms with E-state index in [4.69, 9.17) is 4.74 Å². The van der Waals surface area contributed by atoms with Gasteiger partial charge >= 0.3 is 6.01 Å². The first-order valence-corrected chi connectivity index (χ1v) is 8.04. The molecule has 0 bridgehead atoms. The van der Waals surface area contributed by atoms with Crippen LogP contribution >= 0.6 is 11.3 Å². The molecule has 23 heavy (non-hydrogen) atoms. The molecular weight excluding hydrogens is 310 g/mol. The third-order valence-corrected chi connectivity index (χ3v) is 3.99. The van der Waals surface area contributed by atoms with Crippen molar-refractivity contribution in [2.75, 3.05) is 5.32 Å². The summed E-state index contributed by atoms with van der Waals surface area (Å²) in [7, 11) is 0. The molecule has 1 aromatic carbocycles. The molecule has 2 heterocycles. The van der Waals surface area contributed by atoms with Gasteiger partial charge in [0.05, 0.1) is 5.92 Å². The molecule has 2 aromatic heterocycles. The Bertz CT molecular complexity index is 776. The largest absolute Gasteiger partial charge is 0.424 e. The molecule has 5 nitrogen and oxygen atoms in total. The van der Waals surface area contributed by atoms with E-state index in [9.17, 15) is 4.79 Å². The van der Waals surface area contributed by atoms with Crippen LogP contribution in [0.1, 0.15) is 18.4 Å². The average Bonchev–Trinajstić information content (AvgIpc) is 3.10. The molecule has 1 atom stereocenters. The zero-order chi connectivity index (χ0) is 16.1. The Hall–Kier alpha value is -2.73. The molecular formula is C17H15N3O2S.